The van der Waals surface area contributed by atoms with Gasteiger partial charge in [0.1, 0.15) is 11.6 Å². The van der Waals surface area contributed by atoms with Crippen LogP contribution < -0.4 is 0 Å². The highest BCUT2D eigenvalue weighted by Crippen LogP contribution is 2.24. The minimum Gasteiger partial charge on any atom is -0.445 e. The molecule has 0 amide bonds. The van der Waals surface area contributed by atoms with Crippen molar-refractivity contribution in [3.63, 3.8) is 0 Å². The Morgan fingerprint density at radius 2 is 1.42 bits per heavy atom. The van der Waals surface area contributed by atoms with E-state index in [0.717, 1.165) is 12.1 Å². The molecule has 130 valence electrons. The molecule has 5 heteroatoms. The van der Waals surface area contributed by atoms with E-state index in [4.69, 9.17) is 4.74 Å². The fourth-order valence-corrected chi connectivity index (χ4v) is 2.48. The molecule has 0 saturated carbocycles. The molecule has 26 heavy (non-hydrogen) atoms. The Bertz CT molecular complexity index is 925. The molecule has 0 aliphatic carbocycles. The van der Waals surface area contributed by atoms with Crippen molar-refractivity contribution in [3.8, 4) is 0 Å². The molecular weight excluding hydrogens is 338 g/mol. The van der Waals surface area contributed by atoms with Crippen molar-refractivity contribution in [3.05, 3.63) is 107 Å². The van der Waals surface area contributed by atoms with Gasteiger partial charge in [-0.2, -0.15) is 0 Å². The third-order valence-electron chi connectivity index (χ3n) is 3.77. The van der Waals surface area contributed by atoms with Gasteiger partial charge < -0.3 is 4.74 Å². The summed E-state index contributed by atoms with van der Waals surface area (Å²) in [6.07, 6.45) is -1.24. The summed E-state index contributed by atoms with van der Waals surface area (Å²) in [5, 5.41) is 0. The van der Waals surface area contributed by atoms with Gasteiger partial charge in [0.25, 0.3) is 0 Å². The van der Waals surface area contributed by atoms with Crippen molar-refractivity contribution in [1.82, 2.24) is 0 Å². The largest absolute Gasteiger partial charge is 0.445 e. The SMILES string of the molecule is O=C(OC(C(=O)c1ccccc1)c1ccccc1)c1ccc(F)cc1F. The number of carbonyl (C=O) groups excluding carboxylic acids is 2. The van der Waals surface area contributed by atoms with Crippen molar-refractivity contribution in [2.24, 2.45) is 0 Å². The van der Waals surface area contributed by atoms with Crippen LogP contribution in [0.2, 0.25) is 0 Å². The number of rotatable bonds is 5. The van der Waals surface area contributed by atoms with Crippen LogP contribution in [0.3, 0.4) is 0 Å². The summed E-state index contributed by atoms with van der Waals surface area (Å²) < 4.78 is 32.2. The van der Waals surface area contributed by atoms with E-state index in [2.05, 4.69) is 0 Å². The standard InChI is InChI=1S/C21H14F2O3/c22-16-11-12-17(18(23)13-16)21(25)26-20(15-9-5-2-6-10-15)19(24)14-7-3-1-4-8-14/h1-13,20H. The fourth-order valence-electron chi connectivity index (χ4n) is 2.48. The van der Waals surface area contributed by atoms with Gasteiger partial charge in [0, 0.05) is 17.2 Å². The van der Waals surface area contributed by atoms with Crippen LogP contribution in [0.25, 0.3) is 0 Å². The van der Waals surface area contributed by atoms with Crippen LogP contribution in [0.5, 0.6) is 0 Å². The molecule has 0 radical (unpaired) electrons. The average Bonchev–Trinajstić information content (AvgIpc) is 2.67. The maximum Gasteiger partial charge on any atom is 0.342 e. The highest BCUT2D eigenvalue weighted by molar-refractivity contribution is 6.02. The van der Waals surface area contributed by atoms with Gasteiger partial charge in [0.05, 0.1) is 5.56 Å². The summed E-state index contributed by atoms with van der Waals surface area (Å²) >= 11 is 0. The third-order valence-corrected chi connectivity index (χ3v) is 3.77. The first-order valence-corrected chi connectivity index (χ1v) is 7.86. The van der Waals surface area contributed by atoms with E-state index < -0.39 is 35.1 Å². The fraction of sp³-hybridized carbons (Fsp3) is 0.0476. The second kappa shape index (κ2) is 7.70. The van der Waals surface area contributed by atoms with E-state index in [0.29, 0.717) is 17.2 Å². The predicted molar refractivity (Wildman–Crippen MR) is 91.7 cm³/mol. The summed E-state index contributed by atoms with van der Waals surface area (Å²) in [4.78, 5) is 25.2. The Morgan fingerprint density at radius 3 is 2.04 bits per heavy atom. The molecule has 0 aliphatic heterocycles. The van der Waals surface area contributed by atoms with Gasteiger partial charge in [-0.25, -0.2) is 13.6 Å². The van der Waals surface area contributed by atoms with Crippen LogP contribution in [-0.2, 0) is 4.74 Å². The molecule has 0 aliphatic rings. The minimum absolute atomic E-state index is 0.355. The number of halogens is 2. The lowest BCUT2D eigenvalue weighted by Gasteiger charge is -2.17. The molecule has 0 heterocycles. The molecule has 3 aromatic carbocycles. The van der Waals surface area contributed by atoms with Crippen LogP contribution in [-0.4, -0.2) is 11.8 Å². The lowest BCUT2D eigenvalue weighted by atomic mass is 9.99. The van der Waals surface area contributed by atoms with Crippen LogP contribution in [0.1, 0.15) is 32.4 Å². The van der Waals surface area contributed by atoms with Crippen molar-refractivity contribution in [2.75, 3.05) is 0 Å². The Hall–Kier alpha value is -3.34. The van der Waals surface area contributed by atoms with Gasteiger partial charge >= 0.3 is 5.97 Å². The second-order valence-corrected chi connectivity index (χ2v) is 5.55. The Morgan fingerprint density at radius 1 is 0.808 bits per heavy atom. The van der Waals surface area contributed by atoms with E-state index in [9.17, 15) is 18.4 Å². The lowest BCUT2D eigenvalue weighted by Crippen LogP contribution is -2.21. The molecule has 1 atom stereocenters. The highest BCUT2D eigenvalue weighted by Gasteiger charge is 2.27. The van der Waals surface area contributed by atoms with Gasteiger partial charge in [-0.15, -0.1) is 0 Å². The van der Waals surface area contributed by atoms with E-state index in [1.54, 1.807) is 60.7 Å². The van der Waals surface area contributed by atoms with E-state index in [1.807, 2.05) is 0 Å². The van der Waals surface area contributed by atoms with Crippen molar-refractivity contribution >= 4 is 11.8 Å². The van der Waals surface area contributed by atoms with Crippen LogP contribution in [0.15, 0.2) is 78.9 Å². The van der Waals surface area contributed by atoms with Crippen LogP contribution in [0.4, 0.5) is 8.78 Å². The van der Waals surface area contributed by atoms with Crippen molar-refractivity contribution in [2.45, 2.75) is 6.10 Å². The Balaban J connectivity index is 1.94. The monoisotopic (exact) mass is 352 g/mol. The second-order valence-electron chi connectivity index (χ2n) is 5.55. The summed E-state index contributed by atoms with van der Waals surface area (Å²) in [5.41, 5.74) is 0.374. The van der Waals surface area contributed by atoms with E-state index in [-0.39, 0.29) is 0 Å². The molecule has 0 fully saturated rings. The zero-order chi connectivity index (χ0) is 18.5. The normalized spacial score (nSPS) is 11.6. The maximum absolute atomic E-state index is 13.9. The quantitative estimate of drug-likeness (QED) is 0.492. The summed E-state index contributed by atoms with van der Waals surface area (Å²) in [5.74, 6) is -3.33. The molecule has 3 nitrogen and oxygen atoms in total. The summed E-state index contributed by atoms with van der Waals surface area (Å²) in [6.45, 7) is 0. The molecule has 0 bridgehead atoms. The van der Waals surface area contributed by atoms with E-state index in [1.165, 1.54) is 0 Å². The smallest absolute Gasteiger partial charge is 0.342 e. The van der Waals surface area contributed by atoms with Gasteiger partial charge in [-0.05, 0) is 12.1 Å². The summed E-state index contributed by atoms with van der Waals surface area (Å²) in [6, 6.07) is 19.3. The molecular formula is C21H14F2O3. The molecule has 3 rings (SSSR count). The lowest BCUT2D eigenvalue weighted by molar-refractivity contribution is 0.0275. The molecule has 0 N–H and O–H groups in total. The minimum atomic E-state index is -1.24. The first kappa shape index (κ1) is 17.5. The van der Waals surface area contributed by atoms with Gasteiger partial charge in [0.2, 0.25) is 5.78 Å². The molecule has 1 unspecified atom stereocenters. The Kier molecular flexibility index (Phi) is 5.17. The zero-order valence-electron chi connectivity index (χ0n) is 13.6. The number of hydrogen-bond acceptors (Lipinski definition) is 3. The van der Waals surface area contributed by atoms with Gasteiger partial charge in [-0.3, -0.25) is 4.79 Å². The first-order valence-electron chi connectivity index (χ1n) is 7.86. The van der Waals surface area contributed by atoms with Crippen LogP contribution in [0, 0.1) is 11.6 Å². The van der Waals surface area contributed by atoms with E-state index >= 15 is 0 Å². The number of Topliss-reactive ketones (excluding diaryl/α,β-unsaturated/α-hetero) is 1. The molecule has 3 aromatic rings. The molecule has 0 aromatic heterocycles. The number of benzene rings is 3. The third kappa shape index (κ3) is 3.83. The average molecular weight is 352 g/mol. The molecule has 0 spiro atoms. The number of ether oxygens (including phenoxy) is 1. The summed E-state index contributed by atoms with van der Waals surface area (Å²) in [7, 11) is 0. The predicted octanol–water partition coefficient (Wildman–Crippen LogP) is 4.75. The van der Waals surface area contributed by atoms with Crippen molar-refractivity contribution in [1.29, 1.82) is 0 Å². The number of esters is 1. The maximum atomic E-state index is 13.9. The zero-order valence-corrected chi connectivity index (χ0v) is 13.6. The van der Waals surface area contributed by atoms with Gasteiger partial charge in [0.15, 0.2) is 6.10 Å². The number of ketones is 1. The van der Waals surface area contributed by atoms with Crippen molar-refractivity contribution < 1.29 is 23.1 Å². The highest BCUT2D eigenvalue weighted by atomic mass is 19.1. The number of hydrogen-bond donors (Lipinski definition) is 0. The van der Waals surface area contributed by atoms with Crippen LogP contribution >= 0.6 is 0 Å². The molecule has 0 saturated heterocycles. The first-order chi connectivity index (χ1) is 12.6. The Labute approximate surface area is 148 Å². The number of carbonyl (C=O) groups is 2. The van der Waals surface area contributed by atoms with Gasteiger partial charge in [-0.1, -0.05) is 60.7 Å². The topological polar surface area (TPSA) is 43.4 Å².